The zero-order valence-corrected chi connectivity index (χ0v) is 13.3. The summed E-state index contributed by atoms with van der Waals surface area (Å²) in [6, 6.07) is 18.5. The summed E-state index contributed by atoms with van der Waals surface area (Å²) in [7, 11) is 1.69. The van der Waals surface area contributed by atoms with Crippen molar-refractivity contribution in [3.05, 3.63) is 76.7 Å². The molecule has 1 heterocycles. The van der Waals surface area contributed by atoms with E-state index in [1.54, 1.807) is 19.2 Å². The Labute approximate surface area is 139 Å². The monoisotopic (exact) mass is 322 g/mol. The van der Waals surface area contributed by atoms with Gasteiger partial charge in [0, 0.05) is 24.7 Å². The molecule has 0 fully saturated rings. The Morgan fingerprint density at radius 2 is 1.67 bits per heavy atom. The molecule has 3 aromatic rings. The topological polar surface area (TPSA) is 68.9 Å². The van der Waals surface area contributed by atoms with Crippen molar-refractivity contribution in [2.75, 3.05) is 6.54 Å². The Hall–Kier alpha value is -3.15. The number of rotatable bonds is 5. The van der Waals surface area contributed by atoms with Gasteiger partial charge in [0.15, 0.2) is 5.82 Å². The van der Waals surface area contributed by atoms with E-state index in [0.29, 0.717) is 24.5 Å². The maximum absolute atomic E-state index is 12.3. The van der Waals surface area contributed by atoms with Crippen LogP contribution in [-0.4, -0.2) is 26.8 Å². The van der Waals surface area contributed by atoms with Gasteiger partial charge in [-0.1, -0.05) is 48.5 Å². The predicted octanol–water partition coefficient (Wildman–Crippen LogP) is 1.68. The number of hydrogen-bond acceptors (Lipinski definition) is 3. The van der Waals surface area contributed by atoms with Crippen molar-refractivity contribution in [2.45, 2.75) is 6.54 Å². The Kier molecular flexibility index (Phi) is 4.56. The van der Waals surface area contributed by atoms with Gasteiger partial charge in [-0.3, -0.25) is 9.36 Å². The van der Waals surface area contributed by atoms with Crippen molar-refractivity contribution in [3.8, 4) is 11.4 Å². The van der Waals surface area contributed by atoms with E-state index in [9.17, 15) is 9.59 Å². The number of carbonyl (C=O) groups excluding carboxylic acids is 1. The fourth-order valence-electron chi connectivity index (χ4n) is 2.44. The molecule has 0 saturated carbocycles. The molecule has 0 aliphatic rings. The van der Waals surface area contributed by atoms with Gasteiger partial charge in [-0.2, -0.15) is 0 Å². The second-order valence-corrected chi connectivity index (χ2v) is 5.38. The maximum Gasteiger partial charge on any atom is 0.345 e. The lowest BCUT2D eigenvalue weighted by atomic mass is 10.2. The van der Waals surface area contributed by atoms with Gasteiger partial charge in [-0.05, 0) is 12.1 Å². The zero-order chi connectivity index (χ0) is 16.9. The fraction of sp³-hybridized carbons (Fsp3) is 0.167. The van der Waals surface area contributed by atoms with Crippen LogP contribution in [-0.2, 0) is 13.6 Å². The minimum absolute atomic E-state index is 0.164. The number of benzene rings is 2. The molecular weight excluding hydrogens is 304 g/mol. The van der Waals surface area contributed by atoms with E-state index in [1.165, 1.54) is 9.25 Å². The second kappa shape index (κ2) is 6.95. The van der Waals surface area contributed by atoms with Gasteiger partial charge in [0.2, 0.25) is 0 Å². The molecule has 0 atom stereocenters. The van der Waals surface area contributed by atoms with Crippen LogP contribution in [0.15, 0.2) is 65.5 Å². The molecule has 3 rings (SSSR count). The van der Waals surface area contributed by atoms with E-state index in [-0.39, 0.29) is 11.6 Å². The molecule has 0 spiro atoms. The van der Waals surface area contributed by atoms with Crippen LogP contribution in [0.2, 0.25) is 0 Å². The van der Waals surface area contributed by atoms with Gasteiger partial charge in [-0.15, -0.1) is 5.10 Å². The quantitative estimate of drug-likeness (QED) is 0.777. The molecule has 0 aliphatic heterocycles. The second-order valence-electron chi connectivity index (χ2n) is 5.38. The molecule has 0 saturated heterocycles. The van der Waals surface area contributed by atoms with Crippen LogP contribution in [0.25, 0.3) is 11.4 Å². The fourth-order valence-corrected chi connectivity index (χ4v) is 2.44. The van der Waals surface area contributed by atoms with E-state index in [4.69, 9.17) is 0 Å². The summed E-state index contributed by atoms with van der Waals surface area (Å²) in [5.74, 6) is 0.442. The van der Waals surface area contributed by atoms with E-state index >= 15 is 0 Å². The molecule has 1 N–H and O–H groups in total. The van der Waals surface area contributed by atoms with Crippen LogP contribution in [0, 0.1) is 0 Å². The van der Waals surface area contributed by atoms with E-state index in [1.807, 2.05) is 48.5 Å². The lowest BCUT2D eigenvalue weighted by Crippen LogP contribution is -2.31. The molecule has 0 radical (unpaired) electrons. The summed E-state index contributed by atoms with van der Waals surface area (Å²) in [4.78, 5) is 24.2. The van der Waals surface area contributed by atoms with E-state index < -0.39 is 0 Å². The summed E-state index contributed by atoms with van der Waals surface area (Å²) in [5.41, 5.74) is 1.27. The minimum atomic E-state index is -0.206. The molecule has 0 unspecified atom stereocenters. The SMILES string of the molecule is Cn1c(-c2ccccc2)nn(CCNC(=O)c2ccccc2)c1=O. The summed E-state index contributed by atoms with van der Waals surface area (Å²) in [5, 5.41) is 7.16. The van der Waals surface area contributed by atoms with Crippen LogP contribution in [0.3, 0.4) is 0 Å². The van der Waals surface area contributed by atoms with Crippen molar-refractivity contribution in [1.29, 1.82) is 0 Å². The molecule has 122 valence electrons. The van der Waals surface area contributed by atoms with Crippen LogP contribution < -0.4 is 11.0 Å². The average Bonchev–Trinajstić information content (AvgIpc) is 2.92. The van der Waals surface area contributed by atoms with Crippen LogP contribution in [0.4, 0.5) is 0 Å². The molecule has 1 aromatic heterocycles. The van der Waals surface area contributed by atoms with Crippen LogP contribution in [0.5, 0.6) is 0 Å². The minimum Gasteiger partial charge on any atom is -0.350 e. The third-order valence-corrected chi connectivity index (χ3v) is 3.72. The first-order valence-electron chi connectivity index (χ1n) is 7.69. The van der Waals surface area contributed by atoms with E-state index in [0.717, 1.165) is 5.56 Å². The highest BCUT2D eigenvalue weighted by Crippen LogP contribution is 2.13. The number of hydrogen-bond donors (Lipinski definition) is 1. The summed E-state index contributed by atoms with van der Waals surface area (Å²) < 4.78 is 2.88. The van der Waals surface area contributed by atoms with Crippen molar-refractivity contribution in [2.24, 2.45) is 7.05 Å². The van der Waals surface area contributed by atoms with Crippen LogP contribution >= 0.6 is 0 Å². The van der Waals surface area contributed by atoms with Crippen LogP contribution in [0.1, 0.15) is 10.4 Å². The molecule has 6 nitrogen and oxygen atoms in total. The molecule has 24 heavy (non-hydrogen) atoms. The van der Waals surface area contributed by atoms with Crippen molar-refractivity contribution in [3.63, 3.8) is 0 Å². The summed E-state index contributed by atoms with van der Waals surface area (Å²) in [6.45, 7) is 0.650. The lowest BCUT2D eigenvalue weighted by molar-refractivity contribution is 0.0952. The first-order valence-corrected chi connectivity index (χ1v) is 7.69. The standard InChI is InChI=1S/C18H18N4O2/c1-21-16(14-8-4-2-5-9-14)20-22(18(21)24)13-12-19-17(23)15-10-6-3-7-11-15/h2-11H,12-13H2,1H3,(H,19,23). The largest absolute Gasteiger partial charge is 0.350 e. The lowest BCUT2D eigenvalue weighted by Gasteiger charge is -2.04. The third-order valence-electron chi connectivity index (χ3n) is 3.72. The first kappa shape index (κ1) is 15.7. The average molecular weight is 322 g/mol. The third kappa shape index (κ3) is 3.27. The molecule has 0 aliphatic carbocycles. The van der Waals surface area contributed by atoms with Crippen molar-refractivity contribution < 1.29 is 4.79 Å². The molecule has 1 amide bonds. The van der Waals surface area contributed by atoms with Gasteiger partial charge >= 0.3 is 5.69 Å². The number of carbonyl (C=O) groups is 1. The number of amides is 1. The first-order chi connectivity index (χ1) is 11.7. The van der Waals surface area contributed by atoms with Gasteiger partial charge in [0.25, 0.3) is 5.91 Å². The van der Waals surface area contributed by atoms with Gasteiger partial charge in [0.05, 0.1) is 6.54 Å². The van der Waals surface area contributed by atoms with Gasteiger partial charge in [-0.25, -0.2) is 9.48 Å². The molecule has 0 bridgehead atoms. The number of nitrogens with one attached hydrogen (secondary N) is 1. The highest BCUT2D eigenvalue weighted by molar-refractivity contribution is 5.94. The maximum atomic E-state index is 12.3. The zero-order valence-electron chi connectivity index (χ0n) is 13.3. The molecule has 2 aromatic carbocycles. The number of nitrogens with zero attached hydrogens (tertiary/aromatic N) is 3. The van der Waals surface area contributed by atoms with Crippen molar-refractivity contribution >= 4 is 5.91 Å². The highest BCUT2D eigenvalue weighted by Gasteiger charge is 2.12. The molecular formula is C18H18N4O2. The summed E-state index contributed by atoms with van der Waals surface area (Å²) >= 11 is 0. The van der Waals surface area contributed by atoms with Gasteiger partial charge in [0.1, 0.15) is 0 Å². The Balaban J connectivity index is 1.68. The van der Waals surface area contributed by atoms with Gasteiger partial charge < -0.3 is 5.32 Å². The van der Waals surface area contributed by atoms with Crippen molar-refractivity contribution in [1.82, 2.24) is 19.7 Å². The number of aromatic nitrogens is 3. The Morgan fingerprint density at radius 3 is 2.33 bits per heavy atom. The smallest absolute Gasteiger partial charge is 0.345 e. The summed E-state index contributed by atoms with van der Waals surface area (Å²) in [6.07, 6.45) is 0. The normalized spacial score (nSPS) is 10.5. The highest BCUT2D eigenvalue weighted by atomic mass is 16.2. The Morgan fingerprint density at radius 1 is 1.04 bits per heavy atom. The molecule has 6 heteroatoms. The predicted molar refractivity (Wildman–Crippen MR) is 91.7 cm³/mol. The van der Waals surface area contributed by atoms with E-state index in [2.05, 4.69) is 10.4 Å². The Bertz CT molecular complexity index is 882.